The molecule has 0 saturated heterocycles. The fourth-order valence-electron chi connectivity index (χ4n) is 1.55. The molecule has 0 saturated carbocycles. The molecule has 0 spiro atoms. The monoisotopic (exact) mass is 268 g/mol. The Hall–Kier alpha value is -1.98. The summed E-state index contributed by atoms with van der Waals surface area (Å²) in [5.41, 5.74) is -0.308. The van der Waals surface area contributed by atoms with E-state index in [2.05, 4.69) is 5.32 Å². The Labute approximate surface area is 112 Å². The molecule has 0 fully saturated rings. The van der Waals surface area contributed by atoms with Crippen molar-refractivity contribution in [1.82, 2.24) is 9.88 Å². The maximum absolute atomic E-state index is 11.5. The molecule has 1 rings (SSSR count). The van der Waals surface area contributed by atoms with Gasteiger partial charge in [-0.25, -0.2) is 9.59 Å². The van der Waals surface area contributed by atoms with Crippen LogP contribution in [0.15, 0.2) is 18.5 Å². The first-order chi connectivity index (χ1) is 8.67. The van der Waals surface area contributed by atoms with Crippen LogP contribution < -0.4 is 5.32 Å². The van der Waals surface area contributed by atoms with Gasteiger partial charge in [-0.1, -0.05) is 0 Å². The van der Waals surface area contributed by atoms with Crippen LogP contribution in [0.1, 0.15) is 38.1 Å². The molecule has 0 aliphatic rings. The molecule has 1 heterocycles. The molecule has 1 aromatic rings. The molecule has 0 bridgehead atoms. The van der Waals surface area contributed by atoms with E-state index < -0.39 is 17.7 Å². The van der Waals surface area contributed by atoms with E-state index in [1.807, 2.05) is 6.92 Å². The van der Waals surface area contributed by atoms with Gasteiger partial charge in [-0.2, -0.15) is 0 Å². The van der Waals surface area contributed by atoms with Crippen molar-refractivity contribution in [3.8, 4) is 0 Å². The lowest BCUT2D eigenvalue weighted by Gasteiger charge is -2.22. The molecule has 0 aliphatic carbocycles. The summed E-state index contributed by atoms with van der Waals surface area (Å²) in [6.45, 7) is 7.68. The van der Waals surface area contributed by atoms with Gasteiger partial charge in [0.05, 0.1) is 5.56 Å². The van der Waals surface area contributed by atoms with Crippen molar-refractivity contribution in [3.63, 3.8) is 0 Å². The lowest BCUT2D eigenvalue weighted by molar-refractivity contribution is 0.0503. The molecule has 19 heavy (non-hydrogen) atoms. The van der Waals surface area contributed by atoms with Gasteiger partial charge < -0.3 is 19.7 Å². The second-order valence-corrected chi connectivity index (χ2v) is 5.45. The second-order valence-electron chi connectivity index (χ2n) is 5.45. The highest BCUT2D eigenvalue weighted by atomic mass is 16.6. The van der Waals surface area contributed by atoms with Crippen LogP contribution in [-0.2, 0) is 11.3 Å². The molecule has 1 amide bonds. The first kappa shape index (κ1) is 15.1. The van der Waals surface area contributed by atoms with Crippen molar-refractivity contribution in [2.75, 3.05) is 0 Å². The largest absolute Gasteiger partial charge is 0.478 e. The Kier molecular flexibility index (Phi) is 4.58. The smallest absolute Gasteiger partial charge is 0.407 e. The topological polar surface area (TPSA) is 80.6 Å². The number of carbonyl (C=O) groups excluding carboxylic acids is 1. The zero-order chi connectivity index (χ0) is 14.6. The molecule has 0 radical (unpaired) electrons. The normalized spacial score (nSPS) is 12.8. The Balaban J connectivity index is 2.48. The highest BCUT2D eigenvalue weighted by molar-refractivity contribution is 5.87. The van der Waals surface area contributed by atoms with Crippen molar-refractivity contribution < 1.29 is 19.4 Å². The van der Waals surface area contributed by atoms with Crippen LogP contribution in [0.4, 0.5) is 4.79 Å². The Morgan fingerprint density at radius 2 is 2.11 bits per heavy atom. The number of carbonyl (C=O) groups is 2. The van der Waals surface area contributed by atoms with Gasteiger partial charge in [0.1, 0.15) is 5.60 Å². The van der Waals surface area contributed by atoms with Gasteiger partial charge in [-0.15, -0.1) is 0 Å². The van der Waals surface area contributed by atoms with Crippen LogP contribution in [-0.4, -0.2) is 33.4 Å². The third-order valence-electron chi connectivity index (χ3n) is 2.25. The van der Waals surface area contributed by atoms with E-state index >= 15 is 0 Å². The Bertz CT molecular complexity index is 459. The minimum absolute atomic E-state index is 0.163. The van der Waals surface area contributed by atoms with Gasteiger partial charge in [-0.05, 0) is 33.8 Å². The number of amides is 1. The number of aromatic nitrogens is 1. The third-order valence-corrected chi connectivity index (χ3v) is 2.25. The molecule has 1 aromatic heterocycles. The van der Waals surface area contributed by atoms with Crippen molar-refractivity contribution in [2.45, 2.75) is 45.9 Å². The maximum atomic E-state index is 11.5. The predicted molar refractivity (Wildman–Crippen MR) is 70.2 cm³/mol. The average Bonchev–Trinajstić information content (AvgIpc) is 2.62. The average molecular weight is 268 g/mol. The highest BCUT2D eigenvalue weighted by Gasteiger charge is 2.17. The van der Waals surface area contributed by atoms with E-state index in [1.165, 1.54) is 12.3 Å². The highest BCUT2D eigenvalue weighted by Crippen LogP contribution is 2.07. The summed E-state index contributed by atoms with van der Waals surface area (Å²) in [6, 6.07) is 1.35. The Morgan fingerprint density at radius 1 is 1.47 bits per heavy atom. The minimum Gasteiger partial charge on any atom is -0.478 e. The van der Waals surface area contributed by atoms with Crippen LogP contribution in [0.5, 0.6) is 0 Å². The zero-order valence-electron chi connectivity index (χ0n) is 11.6. The molecule has 1 atom stereocenters. The summed E-state index contributed by atoms with van der Waals surface area (Å²) in [5, 5.41) is 11.5. The lowest BCUT2D eigenvalue weighted by atomic mass is 10.2. The molecular formula is C13H20N2O4. The Morgan fingerprint density at radius 3 is 2.58 bits per heavy atom. The maximum Gasteiger partial charge on any atom is 0.407 e. The van der Waals surface area contributed by atoms with Gasteiger partial charge in [0, 0.05) is 25.0 Å². The number of carboxylic acids is 1. The number of aromatic carboxylic acids is 1. The van der Waals surface area contributed by atoms with Crippen molar-refractivity contribution in [3.05, 3.63) is 24.0 Å². The molecular weight excluding hydrogens is 248 g/mol. The second kappa shape index (κ2) is 5.77. The van der Waals surface area contributed by atoms with E-state index in [0.717, 1.165) is 0 Å². The number of nitrogens with one attached hydrogen (secondary N) is 1. The summed E-state index contributed by atoms with van der Waals surface area (Å²) in [7, 11) is 0. The van der Waals surface area contributed by atoms with Gasteiger partial charge in [0.2, 0.25) is 0 Å². The van der Waals surface area contributed by atoms with Crippen LogP contribution >= 0.6 is 0 Å². The molecule has 6 heteroatoms. The summed E-state index contributed by atoms with van der Waals surface area (Å²) in [6.07, 6.45) is 2.71. The predicted octanol–water partition coefficient (Wildman–Crippen LogP) is 2.10. The van der Waals surface area contributed by atoms with E-state index in [-0.39, 0.29) is 11.6 Å². The quantitative estimate of drug-likeness (QED) is 0.876. The van der Waals surface area contributed by atoms with Crippen LogP contribution in [0, 0.1) is 0 Å². The van der Waals surface area contributed by atoms with Gasteiger partial charge >= 0.3 is 12.1 Å². The fraction of sp³-hybridized carbons (Fsp3) is 0.538. The molecule has 1 unspecified atom stereocenters. The van der Waals surface area contributed by atoms with E-state index in [1.54, 1.807) is 31.5 Å². The van der Waals surface area contributed by atoms with Crippen molar-refractivity contribution >= 4 is 12.1 Å². The van der Waals surface area contributed by atoms with Crippen LogP contribution in [0.2, 0.25) is 0 Å². The number of ether oxygens (including phenoxy) is 1. The zero-order valence-corrected chi connectivity index (χ0v) is 11.6. The van der Waals surface area contributed by atoms with Crippen LogP contribution in [0.25, 0.3) is 0 Å². The van der Waals surface area contributed by atoms with E-state index in [4.69, 9.17) is 9.84 Å². The molecule has 0 aromatic carbocycles. The van der Waals surface area contributed by atoms with E-state index in [9.17, 15) is 9.59 Å². The van der Waals surface area contributed by atoms with Gasteiger partial charge in [0.15, 0.2) is 0 Å². The number of hydrogen-bond acceptors (Lipinski definition) is 3. The van der Waals surface area contributed by atoms with Crippen LogP contribution in [0.3, 0.4) is 0 Å². The lowest BCUT2D eigenvalue weighted by Crippen LogP contribution is -2.39. The van der Waals surface area contributed by atoms with Crippen molar-refractivity contribution in [1.29, 1.82) is 0 Å². The minimum atomic E-state index is -0.966. The third kappa shape index (κ3) is 5.46. The van der Waals surface area contributed by atoms with Gasteiger partial charge in [-0.3, -0.25) is 0 Å². The number of alkyl carbamates (subject to hydrolysis) is 1. The van der Waals surface area contributed by atoms with E-state index in [0.29, 0.717) is 6.54 Å². The molecule has 6 nitrogen and oxygen atoms in total. The summed E-state index contributed by atoms with van der Waals surface area (Å²) in [4.78, 5) is 22.3. The number of rotatable bonds is 4. The summed E-state index contributed by atoms with van der Waals surface area (Å²) in [5.74, 6) is -0.966. The molecule has 106 valence electrons. The summed E-state index contributed by atoms with van der Waals surface area (Å²) >= 11 is 0. The van der Waals surface area contributed by atoms with Gasteiger partial charge in [0.25, 0.3) is 0 Å². The first-order valence-corrected chi connectivity index (χ1v) is 6.06. The first-order valence-electron chi connectivity index (χ1n) is 6.06. The fourth-order valence-corrected chi connectivity index (χ4v) is 1.55. The number of nitrogens with zero attached hydrogens (tertiary/aromatic N) is 1. The number of hydrogen-bond donors (Lipinski definition) is 2. The SMILES string of the molecule is CC(Cn1ccc(C(=O)O)c1)NC(=O)OC(C)(C)C. The molecule has 2 N–H and O–H groups in total. The standard InChI is InChI=1S/C13H20N2O4/c1-9(14-12(18)19-13(2,3)4)7-15-6-5-10(8-15)11(16)17/h5-6,8-9H,7H2,1-4H3,(H,14,18)(H,16,17). The number of carboxylic acid groups (broad SMARTS) is 1. The molecule has 0 aliphatic heterocycles. The summed E-state index contributed by atoms with van der Waals surface area (Å²) < 4.78 is 6.85. The van der Waals surface area contributed by atoms with Crippen molar-refractivity contribution in [2.24, 2.45) is 0 Å².